The van der Waals surface area contributed by atoms with Crippen LogP contribution in [0, 0.1) is 11.8 Å². The van der Waals surface area contributed by atoms with E-state index in [1.165, 1.54) is 6.42 Å². The summed E-state index contributed by atoms with van der Waals surface area (Å²) in [5.74, 6) is 3.87. The van der Waals surface area contributed by atoms with E-state index in [-0.39, 0.29) is 0 Å². The Morgan fingerprint density at radius 3 is 2.48 bits per heavy atom. The van der Waals surface area contributed by atoms with E-state index in [4.69, 9.17) is 4.74 Å². The first-order valence-corrected chi connectivity index (χ1v) is 8.74. The molecule has 1 saturated heterocycles. The first kappa shape index (κ1) is 15.9. The molecule has 0 bridgehead atoms. The molecule has 25 heavy (non-hydrogen) atoms. The topological polar surface area (TPSA) is 55.6 Å². The standard InChI is InChI=1S/C19H23N5O/c1-13-8-14(2)11-23(10-13)18-9-17(22-19-20-12-21-24(18)19)15-4-6-16(25-3)7-5-15/h4-7,9,12-14H,8,10-11H2,1-3H3. The zero-order valence-corrected chi connectivity index (χ0v) is 14.9. The average molecular weight is 337 g/mol. The molecule has 0 aliphatic carbocycles. The molecular weight excluding hydrogens is 314 g/mol. The summed E-state index contributed by atoms with van der Waals surface area (Å²) >= 11 is 0. The van der Waals surface area contributed by atoms with E-state index in [1.54, 1.807) is 13.4 Å². The van der Waals surface area contributed by atoms with Crippen molar-refractivity contribution >= 4 is 11.6 Å². The van der Waals surface area contributed by atoms with Crippen LogP contribution >= 0.6 is 0 Å². The van der Waals surface area contributed by atoms with Gasteiger partial charge in [-0.1, -0.05) is 13.8 Å². The Kier molecular flexibility index (Phi) is 4.03. The van der Waals surface area contributed by atoms with Gasteiger partial charge in [-0.15, -0.1) is 0 Å². The van der Waals surface area contributed by atoms with Crippen LogP contribution in [-0.4, -0.2) is 39.8 Å². The number of benzene rings is 1. The van der Waals surface area contributed by atoms with Gasteiger partial charge in [-0.25, -0.2) is 4.98 Å². The van der Waals surface area contributed by atoms with E-state index in [2.05, 4.69) is 39.9 Å². The van der Waals surface area contributed by atoms with Crippen LogP contribution in [-0.2, 0) is 0 Å². The highest BCUT2D eigenvalue weighted by molar-refractivity contribution is 5.66. The molecule has 1 aliphatic heterocycles. The number of hydrogen-bond acceptors (Lipinski definition) is 5. The minimum absolute atomic E-state index is 0.634. The summed E-state index contributed by atoms with van der Waals surface area (Å²) in [5.41, 5.74) is 1.95. The molecule has 0 saturated carbocycles. The van der Waals surface area contributed by atoms with Crippen LogP contribution in [0.5, 0.6) is 5.75 Å². The molecule has 3 aromatic rings. The molecule has 0 N–H and O–H groups in total. The zero-order chi connectivity index (χ0) is 17.4. The summed E-state index contributed by atoms with van der Waals surface area (Å²) in [4.78, 5) is 11.4. The van der Waals surface area contributed by atoms with Crippen LogP contribution in [0.1, 0.15) is 20.3 Å². The van der Waals surface area contributed by atoms with Crippen molar-refractivity contribution in [2.75, 3.05) is 25.1 Å². The van der Waals surface area contributed by atoms with Crippen LogP contribution in [0.2, 0.25) is 0 Å². The predicted octanol–water partition coefficient (Wildman–Crippen LogP) is 3.28. The lowest BCUT2D eigenvalue weighted by atomic mass is 9.92. The maximum Gasteiger partial charge on any atom is 0.254 e. The van der Waals surface area contributed by atoms with Crippen molar-refractivity contribution in [2.24, 2.45) is 11.8 Å². The van der Waals surface area contributed by atoms with E-state index in [9.17, 15) is 0 Å². The minimum Gasteiger partial charge on any atom is -0.497 e. The lowest BCUT2D eigenvalue weighted by Gasteiger charge is -2.36. The van der Waals surface area contributed by atoms with Crippen LogP contribution in [0.4, 0.5) is 5.82 Å². The fourth-order valence-electron chi connectivity index (χ4n) is 3.78. The second kappa shape index (κ2) is 6.35. The van der Waals surface area contributed by atoms with Crippen molar-refractivity contribution in [1.82, 2.24) is 19.6 Å². The Labute approximate surface area is 147 Å². The van der Waals surface area contributed by atoms with E-state index >= 15 is 0 Å². The Bertz CT molecular complexity index is 863. The molecule has 1 aromatic carbocycles. The van der Waals surface area contributed by atoms with E-state index in [1.807, 2.05) is 28.8 Å². The van der Waals surface area contributed by atoms with E-state index < -0.39 is 0 Å². The Hall–Kier alpha value is -2.63. The van der Waals surface area contributed by atoms with Crippen LogP contribution in [0.3, 0.4) is 0 Å². The van der Waals surface area contributed by atoms with Gasteiger partial charge in [-0.05, 0) is 42.5 Å². The van der Waals surface area contributed by atoms with Crippen LogP contribution in [0.15, 0.2) is 36.7 Å². The second-order valence-corrected chi connectivity index (χ2v) is 7.05. The molecule has 6 heteroatoms. The normalized spacial score (nSPS) is 20.8. The average Bonchev–Trinajstić information content (AvgIpc) is 3.08. The van der Waals surface area contributed by atoms with Crippen LogP contribution < -0.4 is 9.64 Å². The first-order chi connectivity index (χ1) is 12.1. The number of aromatic nitrogens is 4. The van der Waals surface area contributed by atoms with Crippen molar-refractivity contribution in [2.45, 2.75) is 20.3 Å². The van der Waals surface area contributed by atoms with Gasteiger partial charge in [0.15, 0.2) is 0 Å². The fraction of sp³-hybridized carbons (Fsp3) is 0.421. The Morgan fingerprint density at radius 2 is 1.80 bits per heavy atom. The molecule has 3 heterocycles. The lowest BCUT2D eigenvalue weighted by molar-refractivity contribution is 0.354. The first-order valence-electron chi connectivity index (χ1n) is 8.74. The third-order valence-electron chi connectivity index (χ3n) is 4.81. The largest absolute Gasteiger partial charge is 0.497 e. The van der Waals surface area contributed by atoms with Crippen molar-refractivity contribution in [3.63, 3.8) is 0 Å². The quantitative estimate of drug-likeness (QED) is 0.734. The molecule has 1 aliphatic rings. The third kappa shape index (κ3) is 3.04. The summed E-state index contributed by atoms with van der Waals surface area (Å²) in [7, 11) is 1.67. The molecule has 4 rings (SSSR count). The number of ether oxygens (including phenoxy) is 1. The SMILES string of the molecule is COc1ccc(-c2cc(N3CC(C)CC(C)C3)n3ncnc3n2)cc1. The van der Waals surface area contributed by atoms with Gasteiger partial charge in [0.05, 0.1) is 12.8 Å². The molecule has 2 unspecified atom stereocenters. The van der Waals surface area contributed by atoms with Gasteiger partial charge in [0.2, 0.25) is 0 Å². The highest BCUT2D eigenvalue weighted by Gasteiger charge is 2.24. The van der Waals surface area contributed by atoms with Gasteiger partial charge in [0.25, 0.3) is 5.78 Å². The number of methoxy groups -OCH3 is 1. The van der Waals surface area contributed by atoms with Crippen molar-refractivity contribution in [3.05, 3.63) is 36.7 Å². The highest BCUT2D eigenvalue weighted by atomic mass is 16.5. The smallest absolute Gasteiger partial charge is 0.254 e. The number of piperidine rings is 1. The molecule has 1 fully saturated rings. The van der Waals surface area contributed by atoms with Gasteiger partial charge < -0.3 is 9.64 Å². The summed E-state index contributed by atoms with van der Waals surface area (Å²) in [6.45, 7) is 6.69. The summed E-state index contributed by atoms with van der Waals surface area (Å²) in [6.07, 6.45) is 2.84. The molecule has 2 aromatic heterocycles. The number of anilines is 1. The summed E-state index contributed by atoms with van der Waals surface area (Å²) in [6, 6.07) is 10.1. The zero-order valence-electron chi connectivity index (χ0n) is 14.9. The molecule has 2 atom stereocenters. The molecular formula is C19H23N5O. The summed E-state index contributed by atoms with van der Waals surface area (Å²) in [5, 5.41) is 4.39. The maximum absolute atomic E-state index is 5.25. The van der Waals surface area contributed by atoms with Crippen molar-refractivity contribution < 1.29 is 4.74 Å². The Morgan fingerprint density at radius 1 is 1.08 bits per heavy atom. The third-order valence-corrected chi connectivity index (χ3v) is 4.81. The molecule has 0 amide bonds. The molecule has 130 valence electrons. The number of nitrogens with zero attached hydrogens (tertiary/aromatic N) is 5. The monoisotopic (exact) mass is 337 g/mol. The van der Waals surface area contributed by atoms with Gasteiger partial charge in [0, 0.05) is 24.7 Å². The Balaban J connectivity index is 1.79. The highest BCUT2D eigenvalue weighted by Crippen LogP contribution is 2.29. The predicted molar refractivity (Wildman–Crippen MR) is 97.9 cm³/mol. The van der Waals surface area contributed by atoms with Crippen LogP contribution in [0.25, 0.3) is 17.0 Å². The molecule has 0 spiro atoms. The van der Waals surface area contributed by atoms with Gasteiger partial charge in [0.1, 0.15) is 17.9 Å². The maximum atomic E-state index is 5.25. The second-order valence-electron chi connectivity index (χ2n) is 7.05. The lowest BCUT2D eigenvalue weighted by Crippen LogP contribution is -2.39. The van der Waals surface area contributed by atoms with Crippen molar-refractivity contribution in [1.29, 1.82) is 0 Å². The van der Waals surface area contributed by atoms with E-state index in [0.29, 0.717) is 17.6 Å². The van der Waals surface area contributed by atoms with Gasteiger partial charge in [-0.2, -0.15) is 14.6 Å². The van der Waals surface area contributed by atoms with E-state index in [0.717, 1.165) is 35.9 Å². The molecule has 6 nitrogen and oxygen atoms in total. The van der Waals surface area contributed by atoms with Gasteiger partial charge in [-0.3, -0.25) is 0 Å². The number of fused-ring (bicyclic) bond motifs is 1. The van der Waals surface area contributed by atoms with Gasteiger partial charge >= 0.3 is 0 Å². The fourth-order valence-corrected chi connectivity index (χ4v) is 3.78. The minimum atomic E-state index is 0.634. The number of rotatable bonds is 3. The molecule has 0 radical (unpaired) electrons. The van der Waals surface area contributed by atoms with Crippen molar-refractivity contribution in [3.8, 4) is 17.0 Å². The summed E-state index contributed by atoms with van der Waals surface area (Å²) < 4.78 is 7.10. The number of hydrogen-bond donors (Lipinski definition) is 0.